The smallest absolute Gasteiger partial charge is 2.00 e. The van der Waals surface area contributed by atoms with Crippen LogP contribution < -0.4 is 0 Å². The molecule has 0 aromatic rings. The van der Waals surface area contributed by atoms with Crippen LogP contribution in [0.15, 0.2) is 0 Å². The van der Waals surface area contributed by atoms with Crippen LogP contribution in [0.25, 0.3) is 0 Å². The maximum atomic E-state index is 0. The van der Waals surface area contributed by atoms with Gasteiger partial charge in [0.15, 0.2) is 0 Å². The third kappa shape index (κ3) is 34.9. The second-order valence-corrected chi connectivity index (χ2v) is 0. The first-order chi connectivity index (χ1) is 0. The zero-order chi connectivity index (χ0) is 0. The summed E-state index contributed by atoms with van der Waals surface area (Å²) in [4.78, 5) is 0. The minimum atomic E-state index is 0. The molecule has 0 nitrogen and oxygen atoms in total. The Bertz CT molecular complexity index is 9.65. The molecule has 0 saturated carbocycles. The summed E-state index contributed by atoms with van der Waals surface area (Å²) < 4.78 is 0. The molecule has 0 aromatic heterocycles. The Kier molecular flexibility index (Phi) is 344. The van der Waals surface area contributed by atoms with Gasteiger partial charge in [0.25, 0.3) is 0 Å². The van der Waals surface area contributed by atoms with E-state index in [0.717, 1.165) is 0 Å². The van der Waals surface area contributed by atoms with Crippen molar-refractivity contribution in [3.63, 3.8) is 0 Å². The SMILES string of the molecule is [Ba+2].[Ba+2].[S-2].[S-2].[S-2].[S-2].[Ti+4]. The molecule has 32 valence electrons. The van der Waals surface area contributed by atoms with Gasteiger partial charge < -0.3 is 54.0 Å². The third-order valence-electron chi connectivity index (χ3n) is 0. The van der Waals surface area contributed by atoms with Crippen LogP contribution in [0.3, 0.4) is 0 Å². The summed E-state index contributed by atoms with van der Waals surface area (Å²) in [5, 5.41) is 0. The fourth-order valence-corrected chi connectivity index (χ4v) is 0. The minimum absolute atomic E-state index is 0. The monoisotopic (exact) mass is 452 g/mol. The first-order valence-electron chi connectivity index (χ1n) is 0. The second kappa shape index (κ2) is 42.9. The molecule has 0 rings (SSSR count). The van der Waals surface area contributed by atoms with E-state index in [4.69, 9.17) is 0 Å². The molecule has 0 saturated heterocycles. The van der Waals surface area contributed by atoms with Gasteiger partial charge in [-0.05, 0) is 0 Å². The molecule has 7 heteroatoms. The van der Waals surface area contributed by atoms with E-state index in [2.05, 4.69) is 0 Å². The summed E-state index contributed by atoms with van der Waals surface area (Å²) in [5.41, 5.74) is 0. The predicted octanol–water partition coefficient (Wildman–Crippen LogP) is -0.774. The zero-order valence-corrected chi connectivity index (χ0v) is 17.3. The Balaban J connectivity index is 0. The molecule has 0 aliphatic carbocycles. The molecule has 0 aliphatic rings. The maximum absolute atomic E-state index is 0. The Morgan fingerprint density at radius 2 is 0.429 bits per heavy atom. The van der Waals surface area contributed by atoms with Gasteiger partial charge >= 0.3 is 119 Å². The van der Waals surface area contributed by atoms with Crippen molar-refractivity contribution in [3.05, 3.63) is 0 Å². The first kappa shape index (κ1) is 56.2. The van der Waals surface area contributed by atoms with Crippen molar-refractivity contribution in [1.82, 2.24) is 0 Å². The van der Waals surface area contributed by atoms with Crippen LogP contribution in [-0.4, -0.2) is 97.8 Å². The Hall–Kier alpha value is 5.26. The van der Waals surface area contributed by atoms with Crippen molar-refractivity contribution >= 4 is 152 Å². The van der Waals surface area contributed by atoms with Crippen molar-refractivity contribution in [1.29, 1.82) is 0 Å². The molecule has 0 aromatic carbocycles. The van der Waals surface area contributed by atoms with Crippen molar-refractivity contribution in [2.24, 2.45) is 0 Å². The van der Waals surface area contributed by atoms with Crippen LogP contribution in [0.4, 0.5) is 0 Å². The molecular formula is Ba2S4Ti. The molecule has 0 bridgehead atoms. The topological polar surface area (TPSA) is 0 Å². The zero-order valence-electron chi connectivity index (χ0n) is 3.55. The van der Waals surface area contributed by atoms with E-state index in [9.17, 15) is 0 Å². The van der Waals surface area contributed by atoms with E-state index < -0.39 is 0 Å². The normalized spacial score (nSPS) is 0. The van der Waals surface area contributed by atoms with Crippen LogP contribution in [-0.2, 0) is 75.7 Å². The van der Waals surface area contributed by atoms with Crippen LogP contribution in [0, 0.1) is 0 Å². The molecule has 7 heavy (non-hydrogen) atoms. The third-order valence-corrected chi connectivity index (χ3v) is 0. The molecule has 0 atom stereocenters. The molecule has 0 fully saturated rings. The van der Waals surface area contributed by atoms with Gasteiger partial charge in [0.1, 0.15) is 0 Å². The van der Waals surface area contributed by atoms with Crippen molar-refractivity contribution in [2.75, 3.05) is 0 Å². The van der Waals surface area contributed by atoms with Gasteiger partial charge in [-0.2, -0.15) is 0 Å². The summed E-state index contributed by atoms with van der Waals surface area (Å²) in [6.07, 6.45) is 0. The molecule has 0 spiro atoms. The van der Waals surface area contributed by atoms with Crippen LogP contribution in [0.2, 0.25) is 0 Å². The molecule has 0 aliphatic heterocycles. The minimum Gasteiger partial charge on any atom is -2.00 e. The van der Waals surface area contributed by atoms with E-state index in [-0.39, 0.29) is 173 Å². The van der Waals surface area contributed by atoms with Gasteiger partial charge in [-0.1, -0.05) is 0 Å². The van der Waals surface area contributed by atoms with Gasteiger partial charge in [-0.25, -0.2) is 0 Å². The summed E-state index contributed by atoms with van der Waals surface area (Å²) in [6.45, 7) is 0. The molecule has 0 heterocycles. The fourth-order valence-electron chi connectivity index (χ4n) is 0. The van der Waals surface area contributed by atoms with Gasteiger partial charge in [0.2, 0.25) is 0 Å². The van der Waals surface area contributed by atoms with Crippen LogP contribution >= 0.6 is 0 Å². The second-order valence-electron chi connectivity index (χ2n) is 0. The van der Waals surface area contributed by atoms with E-state index in [1.165, 1.54) is 0 Å². The fraction of sp³-hybridized carbons (Fsp3) is 0. The van der Waals surface area contributed by atoms with Gasteiger partial charge in [0, 0.05) is 0 Å². The van der Waals surface area contributed by atoms with E-state index in [0.29, 0.717) is 0 Å². The Morgan fingerprint density at radius 3 is 0.429 bits per heavy atom. The average Bonchev–Trinajstić information content (AvgIpc) is 0. The quantitative estimate of drug-likeness (QED) is 0.425. The Morgan fingerprint density at radius 1 is 0.429 bits per heavy atom. The molecule has 0 amide bonds. The van der Waals surface area contributed by atoms with Crippen molar-refractivity contribution in [2.45, 2.75) is 0 Å². The summed E-state index contributed by atoms with van der Waals surface area (Å²) in [6, 6.07) is 0. The van der Waals surface area contributed by atoms with Gasteiger partial charge in [-0.3, -0.25) is 0 Å². The summed E-state index contributed by atoms with van der Waals surface area (Å²) in [5.74, 6) is 0. The largest absolute Gasteiger partial charge is 4.00 e. The van der Waals surface area contributed by atoms with Crippen molar-refractivity contribution < 1.29 is 21.7 Å². The van der Waals surface area contributed by atoms with Gasteiger partial charge in [0.05, 0.1) is 0 Å². The van der Waals surface area contributed by atoms with Gasteiger partial charge in [-0.15, -0.1) is 0 Å². The molecule has 0 N–H and O–H groups in total. The number of hydrogen-bond acceptors (Lipinski definition) is 0. The maximum Gasteiger partial charge on any atom is 4.00 e. The predicted molar refractivity (Wildman–Crippen MR) is 41.0 cm³/mol. The molecular weight excluding hydrogens is 451 g/mol. The van der Waals surface area contributed by atoms with Crippen molar-refractivity contribution in [3.8, 4) is 0 Å². The standard InChI is InChI=1S/2Ba.4S.Ti/q2*+2;4*-2;+4. The number of hydrogen-bond donors (Lipinski definition) is 0. The molecule has 0 unspecified atom stereocenters. The van der Waals surface area contributed by atoms with E-state index in [1.807, 2.05) is 0 Å². The number of rotatable bonds is 0. The first-order valence-corrected chi connectivity index (χ1v) is 0. The van der Waals surface area contributed by atoms with E-state index >= 15 is 0 Å². The molecule has 0 radical (unpaired) electrons. The Labute approximate surface area is 168 Å². The summed E-state index contributed by atoms with van der Waals surface area (Å²) >= 11 is 0. The average molecular weight is 451 g/mol. The van der Waals surface area contributed by atoms with E-state index in [1.54, 1.807) is 0 Å². The summed E-state index contributed by atoms with van der Waals surface area (Å²) in [7, 11) is 0. The van der Waals surface area contributed by atoms with Crippen LogP contribution in [0.5, 0.6) is 0 Å². The van der Waals surface area contributed by atoms with Crippen LogP contribution in [0.1, 0.15) is 0 Å².